The van der Waals surface area contributed by atoms with Gasteiger partial charge in [-0.1, -0.05) is 46.3 Å². The monoisotopic (exact) mass is 288 g/mol. The third-order valence-corrected chi connectivity index (χ3v) is 8.39. The summed E-state index contributed by atoms with van der Waals surface area (Å²) in [6, 6.07) is 0. The highest BCUT2D eigenvalue weighted by Gasteiger charge is 2.64. The Morgan fingerprint density at radius 1 is 0.952 bits per heavy atom. The fraction of sp³-hybridized carbons (Fsp3) is 0.900. The minimum Gasteiger partial charge on any atom is -0.392 e. The molecule has 3 fully saturated rings. The van der Waals surface area contributed by atoms with E-state index in [1.165, 1.54) is 38.5 Å². The first kappa shape index (κ1) is 14.3. The third-order valence-electron chi connectivity index (χ3n) is 8.39. The molecule has 4 rings (SSSR count). The van der Waals surface area contributed by atoms with Crippen LogP contribution in [-0.4, -0.2) is 11.2 Å². The number of fused-ring (bicyclic) bond motifs is 3. The maximum absolute atomic E-state index is 10.8. The number of aliphatic hydroxyl groups is 1. The molecule has 1 spiro atoms. The molecule has 1 nitrogen and oxygen atoms in total. The van der Waals surface area contributed by atoms with E-state index < -0.39 is 0 Å². The SMILES string of the molecule is CC1(C)CCCC2(C)C1CCC13C=CC(C)(C1)C(O)CC32. The van der Waals surface area contributed by atoms with Gasteiger partial charge in [0.2, 0.25) is 0 Å². The summed E-state index contributed by atoms with van der Waals surface area (Å²) in [4.78, 5) is 0. The second-order valence-electron chi connectivity index (χ2n) is 9.99. The van der Waals surface area contributed by atoms with Gasteiger partial charge >= 0.3 is 0 Å². The summed E-state index contributed by atoms with van der Waals surface area (Å²) in [5.74, 6) is 1.55. The zero-order valence-corrected chi connectivity index (χ0v) is 14.3. The number of allylic oxidation sites excluding steroid dienone is 1. The molecule has 21 heavy (non-hydrogen) atoms. The average molecular weight is 288 g/mol. The van der Waals surface area contributed by atoms with Gasteiger partial charge < -0.3 is 5.11 Å². The van der Waals surface area contributed by atoms with Crippen LogP contribution in [0, 0.1) is 33.5 Å². The van der Waals surface area contributed by atoms with E-state index in [-0.39, 0.29) is 11.5 Å². The maximum atomic E-state index is 10.8. The molecule has 1 N–H and O–H groups in total. The van der Waals surface area contributed by atoms with Crippen molar-refractivity contribution in [3.05, 3.63) is 12.2 Å². The molecule has 0 amide bonds. The Hall–Kier alpha value is -0.300. The van der Waals surface area contributed by atoms with Crippen molar-refractivity contribution in [3.63, 3.8) is 0 Å². The molecule has 4 aliphatic rings. The molecule has 0 saturated heterocycles. The van der Waals surface area contributed by atoms with E-state index in [0.29, 0.717) is 22.2 Å². The smallest absolute Gasteiger partial charge is 0.0631 e. The van der Waals surface area contributed by atoms with Gasteiger partial charge in [-0.2, -0.15) is 0 Å². The van der Waals surface area contributed by atoms with Gasteiger partial charge in [0.15, 0.2) is 0 Å². The lowest BCUT2D eigenvalue weighted by atomic mass is 9.40. The molecule has 0 aromatic heterocycles. The molecule has 0 radical (unpaired) electrons. The van der Waals surface area contributed by atoms with Crippen LogP contribution in [0.4, 0.5) is 0 Å². The van der Waals surface area contributed by atoms with Gasteiger partial charge in [-0.25, -0.2) is 0 Å². The standard InChI is InChI=1S/C20H32O/c1-17(2)7-5-8-19(4)14(17)6-9-20-11-10-18(3,13-20)16(21)12-15(19)20/h10-11,14-16,21H,5-9,12-13H2,1-4H3. The third kappa shape index (κ3) is 1.68. The van der Waals surface area contributed by atoms with Crippen molar-refractivity contribution < 1.29 is 5.11 Å². The Morgan fingerprint density at radius 2 is 1.71 bits per heavy atom. The lowest BCUT2D eigenvalue weighted by Gasteiger charge is -2.65. The lowest BCUT2D eigenvalue weighted by Crippen LogP contribution is -2.58. The second-order valence-corrected chi connectivity index (χ2v) is 9.99. The summed E-state index contributed by atoms with van der Waals surface area (Å²) in [7, 11) is 0. The van der Waals surface area contributed by atoms with E-state index in [1.807, 2.05) is 0 Å². The average Bonchev–Trinajstić information content (AvgIpc) is 2.67. The van der Waals surface area contributed by atoms with Gasteiger partial charge in [0.05, 0.1) is 6.10 Å². The fourth-order valence-corrected chi connectivity index (χ4v) is 7.37. The molecule has 118 valence electrons. The van der Waals surface area contributed by atoms with Gasteiger partial charge in [-0.3, -0.25) is 0 Å². The summed E-state index contributed by atoms with van der Waals surface area (Å²) < 4.78 is 0. The summed E-state index contributed by atoms with van der Waals surface area (Å²) >= 11 is 0. The molecule has 4 aliphatic carbocycles. The number of aliphatic hydroxyl groups excluding tert-OH is 1. The van der Waals surface area contributed by atoms with Crippen molar-refractivity contribution in [1.82, 2.24) is 0 Å². The first-order valence-electron chi connectivity index (χ1n) is 9.10. The van der Waals surface area contributed by atoms with Crippen LogP contribution in [0.2, 0.25) is 0 Å². The fourth-order valence-electron chi connectivity index (χ4n) is 7.37. The van der Waals surface area contributed by atoms with Crippen LogP contribution in [0.1, 0.15) is 72.6 Å². The van der Waals surface area contributed by atoms with E-state index in [1.54, 1.807) is 0 Å². The number of rotatable bonds is 0. The Bertz CT molecular complexity index is 492. The van der Waals surface area contributed by atoms with Crippen LogP contribution in [0.25, 0.3) is 0 Å². The Kier molecular flexibility index (Phi) is 2.70. The normalized spacial score (nSPS) is 57.7. The zero-order chi connectivity index (χ0) is 15.1. The molecule has 3 saturated carbocycles. The Labute approximate surface area is 130 Å². The van der Waals surface area contributed by atoms with Gasteiger partial charge in [0.1, 0.15) is 0 Å². The summed E-state index contributed by atoms with van der Waals surface area (Å²) in [6.07, 6.45) is 13.9. The molecule has 6 atom stereocenters. The van der Waals surface area contributed by atoms with E-state index >= 15 is 0 Å². The van der Waals surface area contributed by atoms with E-state index in [9.17, 15) is 5.11 Å². The quantitative estimate of drug-likeness (QED) is 0.626. The van der Waals surface area contributed by atoms with Crippen LogP contribution < -0.4 is 0 Å². The minimum absolute atomic E-state index is 0.0594. The Balaban J connectivity index is 1.77. The summed E-state index contributed by atoms with van der Waals surface area (Å²) in [6.45, 7) is 9.85. The highest BCUT2D eigenvalue weighted by Crippen LogP contribution is 2.71. The number of hydrogen-bond donors (Lipinski definition) is 1. The zero-order valence-electron chi connectivity index (χ0n) is 14.3. The van der Waals surface area contributed by atoms with Crippen LogP contribution in [-0.2, 0) is 0 Å². The summed E-state index contributed by atoms with van der Waals surface area (Å²) in [5.41, 5.74) is 1.40. The molecular formula is C20H32O. The van der Waals surface area contributed by atoms with Crippen molar-refractivity contribution in [3.8, 4) is 0 Å². The van der Waals surface area contributed by atoms with Crippen molar-refractivity contribution in [2.45, 2.75) is 78.7 Å². The van der Waals surface area contributed by atoms with Crippen LogP contribution in [0.5, 0.6) is 0 Å². The molecule has 0 heterocycles. The van der Waals surface area contributed by atoms with Gasteiger partial charge in [-0.15, -0.1) is 0 Å². The predicted molar refractivity (Wildman–Crippen MR) is 86.9 cm³/mol. The first-order chi connectivity index (χ1) is 9.72. The molecule has 0 aliphatic heterocycles. The minimum atomic E-state index is -0.130. The largest absolute Gasteiger partial charge is 0.392 e. The van der Waals surface area contributed by atoms with E-state index in [2.05, 4.69) is 39.8 Å². The number of hydrogen-bond acceptors (Lipinski definition) is 1. The van der Waals surface area contributed by atoms with Crippen LogP contribution in [0.3, 0.4) is 0 Å². The molecule has 0 aromatic carbocycles. The molecule has 2 bridgehead atoms. The van der Waals surface area contributed by atoms with Crippen molar-refractivity contribution >= 4 is 0 Å². The molecule has 6 unspecified atom stereocenters. The van der Waals surface area contributed by atoms with Crippen molar-refractivity contribution in [2.24, 2.45) is 33.5 Å². The van der Waals surface area contributed by atoms with Crippen molar-refractivity contribution in [2.75, 3.05) is 0 Å². The highest BCUT2D eigenvalue weighted by molar-refractivity contribution is 5.27. The van der Waals surface area contributed by atoms with E-state index in [0.717, 1.165) is 12.3 Å². The molecular weight excluding hydrogens is 256 g/mol. The Morgan fingerprint density at radius 3 is 2.48 bits per heavy atom. The second kappa shape index (κ2) is 3.96. The molecule has 1 heteroatoms. The van der Waals surface area contributed by atoms with E-state index in [4.69, 9.17) is 0 Å². The molecule has 0 aromatic rings. The maximum Gasteiger partial charge on any atom is 0.0631 e. The highest BCUT2D eigenvalue weighted by atomic mass is 16.3. The topological polar surface area (TPSA) is 20.2 Å². The predicted octanol–water partition coefficient (Wildman–Crippen LogP) is 4.95. The van der Waals surface area contributed by atoms with Gasteiger partial charge in [0, 0.05) is 5.41 Å². The lowest BCUT2D eigenvalue weighted by molar-refractivity contribution is -0.164. The van der Waals surface area contributed by atoms with Crippen LogP contribution >= 0.6 is 0 Å². The summed E-state index contributed by atoms with van der Waals surface area (Å²) in [5, 5.41) is 10.8. The first-order valence-corrected chi connectivity index (χ1v) is 9.10. The van der Waals surface area contributed by atoms with Crippen LogP contribution in [0.15, 0.2) is 12.2 Å². The van der Waals surface area contributed by atoms with Gasteiger partial charge in [0.25, 0.3) is 0 Å². The van der Waals surface area contributed by atoms with Gasteiger partial charge in [-0.05, 0) is 66.6 Å². The van der Waals surface area contributed by atoms with Crippen molar-refractivity contribution in [1.29, 1.82) is 0 Å².